The van der Waals surface area contributed by atoms with Gasteiger partial charge in [-0.1, -0.05) is 5.92 Å². The van der Waals surface area contributed by atoms with Crippen molar-refractivity contribution in [2.75, 3.05) is 24.8 Å². The zero-order valence-corrected chi connectivity index (χ0v) is 18.5. The first-order chi connectivity index (χ1) is 15.3. The molecule has 0 saturated heterocycles. The van der Waals surface area contributed by atoms with Gasteiger partial charge in [0.25, 0.3) is 0 Å². The predicted octanol–water partition coefficient (Wildman–Crippen LogP) is 3.05. The van der Waals surface area contributed by atoms with E-state index in [1.54, 1.807) is 58.6 Å². The summed E-state index contributed by atoms with van der Waals surface area (Å²) in [7, 11) is 3.33. The molecule has 1 aliphatic carbocycles. The number of rotatable bonds is 5. The average molecular weight is 431 g/mol. The molecule has 1 saturated carbocycles. The van der Waals surface area contributed by atoms with Crippen molar-refractivity contribution in [2.45, 2.75) is 32.3 Å². The summed E-state index contributed by atoms with van der Waals surface area (Å²) in [6, 6.07) is 5.32. The molecule has 8 nitrogen and oxygen atoms in total. The first kappa shape index (κ1) is 21.5. The van der Waals surface area contributed by atoms with Crippen LogP contribution < -0.4 is 15.4 Å². The second-order valence-electron chi connectivity index (χ2n) is 8.20. The molecule has 4 rings (SSSR count). The largest absolute Gasteiger partial charge is 0.495 e. The Hall–Kier alpha value is -3.70. The van der Waals surface area contributed by atoms with Crippen molar-refractivity contribution in [3.05, 3.63) is 47.5 Å². The number of hydrogen-bond acceptors (Lipinski definition) is 7. The summed E-state index contributed by atoms with van der Waals surface area (Å²) in [4.78, 5) is 25.6. The molecule has 0 aromatic carbocycles. The molecule has 32 heavy (non-hydrogen) atoms. The Morgan fingerprint density at radius 3 is 2.56 bits per heavy atom. The highest BCUT2D eigenvalue weighted by Gasteiger charge is 2.30. The lowest BCUT2D eigenvalue weighted by Gasteiger charge is -2.21. The maximum absolute atomic E-state index is 12.2. The minimum Gasteiger partial charge on any atom is -0.495 e. The van der Waals surface area contributed by atoms with Crippen LogP contribution in [0.4, 0.5) is 11.6 Å². The van der Waals surface area contributed by atoms with Gasteiger partial charge in [0.05, 0.1) is 24.6 Å². The Kier molecular flexibility index (Phi) is 5.68. The third kappa shape index (κ3) is 4.48. The van der Waals surface area contributed by atoms with Crippen LogP contribution in [-0.4, -0.2) is 40.1 Å². The van der Waals surface area contributed by atoms with Crippen LogP contribution in [0.5, 0.6) is 5.75 Å². The molecule has 164 valence electrons. The van der Waals surface area contributed by atoms with Crippen molar-refractivity contribution in [1.29, 1.82) is 0 Å². The molecule has 0 spiro atoms. The van der Waals surface area contributed by atoms with E-state index in [4.69, 9.17) is 4.74 Å². The summed E-state index contributed by atoms with van der Waals surface area (Å²) in [6.07, 6.45) is 5.06. The molecule has 3 N–H and O–H groups in total. The third-order valence-electron chi connectivity index (χ3n) is 5.19. The van der Waals surface area contributed by atoms with Gasteiger partial charge in [-0.15, -0.1) is 0 Å². The molecule has 0 radical (unpaired) electrons. The molecule has 8 heteroatoms. The van der Waals surface area contributed by atoms with Crippen molar-refractivity contribution in [3.8, 4) is 17.6 Å². The van der Waals surface area contributed by atoms with Gasteiger partial charge in [0, 0.05) is 29.9 Å². The van der Waals surface area contributed by atoms with Gasteiger partial charge in [-0.05, 0) is 50.8 Å². The second kappa shape index (κ2) is 8.44. The van der Waals surface area contributed by atoms with E-state index < -0.39 is 5.60 Å². The standard InChI is InChI=1S/C24H25N5O3/c1-24(2,31)21-17(10-8-15-7-9-16(32-4)12-26-15)18-11-20(28-23(30)14-5-6-14)27-13-19(18)22(25-3)29-21/h7,9,11-14,31H,5-6H2,1-4H3,(H,25,29)(H,27,28,30). The Balaban J connectivity index is 1.88. The second-order valence-corrected chi connectivity index (χ2v) is 8.20. The number of pyridine rings is 3. The minimum absolute atomic E-state index is 0.0301. The van der Waals surface area contributed by atoms with Crippen LogP contribution in [0, 0.1) is 17.8 Å². The number of carbonyl (C=O) groups excluding carboxylic acids is 1. The number of hydrogen-bond donors (Lipinski definition) is 3. The monoisotopic (exact) mass is 431 g/mol. The number of fused-ring (bicyclic) bond motifs is 1. The SMILES string of the molecule is CNc1nc(C(C)(C)O)c(C#Cc2ccc(OC)cn2)c2cc(NC(=O)C3CC3)ncc12. The number of nitrogens with zero attached hydrogens (tertiary/aromatic N) is 3. The Morgan fingerprint density at radius 1 is 1.19 bits per heavy atom. The van der Waals surface area contributed by atoms with E-state index in [0.29, 0.717) is 34.3 Å². The van der Waals surface area contributed by atoms with Gasteiger partial charge in [-0.2, -0.15) is 0 Å². The Labute approximate surface area is 186 Å². The Morgan fingerprint density at radius 2 is 1.97 bits per heavy atom. The van der Waals surface area contributed by atoms with Gasteiger partial charge >= 0.3 is 0 Å². The first-order valence-corrected chi connectivity index (χ1v) is 10.4. The topological polar surface area (TPSA) is 109 Å². The number of ether oxygens (including phenoxy) is 1. The van der Waals surface area contributed by atoms with Gasteiger partial charge in [0.1, 0.15) is 28.7 Å². The van der Waals surface area contributed by atoms with Crippen LogP contribution in [0.1, 0.15) is 43.6 Å². The van der Waals surface area contributed by atoms with Crippen LogP contribution in [0.3, 0.4) is 0 Å². The summed E-state index contributed by atoms with van der Waals surface area (Å²) in [5, 5.41) is 18.2. The fourth-order valence-electron chi connectivity index (χ4n) is 3.31. The predicted molar refractivity (Wildman–Crippen MR) is 122 cm³/mol. The molecule has 0 atom stereocenters. The number of amides is 1. The molecule has 0 aliphatic heterocycles. The maximum Gasteiger partial charge on any atom is 0.228 e. The molecule has 3 aromatic rings. The highest BCUT2D eigenvalue weighted by molar-refractivity contribution is 6.00. The van der Waals surface area contributed by atoms with Crippen LogP contribution in [-0.2, 0) is 10.4 Å². The highest BCUT2D eigenvalue weighted by Crippen LogP contribution is 2.34. The number of methoxy groups -OCH3 is 1. The zero-order valence-electron chi connectivity index (χ0n) is 18.5. The van der Waals surface area contributed by atoms with Gasteiger partial charge in [-0.25, -0.2) is 15.0 Å². The lowest BCUT2D eigenvalue weighted by molar-refractivity contribution is -0.117. The average Bonchev–Trinajstić information content (AvgIpc) is 3.62. The molecule has 3 heterocycles. The quantitative estimate of drug-likeness (QED) is 0.533. The van der Waals surface area contributed by atoms with Gasteiger partial charge in [0.15, 0.2) is 0 Å². The zero-order chi connectivity index (χ0) is 22.9. The smallest absolute Gasteiger partial charge is 0.228 e. The van der Waals surface area contributed by atoms with E-state index >= 15 is 0 Å². The number of carbonyl (C=O) groups is 1. The van der Waals surface area contributed by atoms with E-state index in [2.05, 4.69) is 37.4 Å². The molecular weight excluding hydrogens is 406 g/mol. The van der Waals surface area contributed by atoms with Crippen molar-refractivity contribution in [1.82, 2.24) is 15.0 Å². The van der Waals surface area contributed by atoms with Crippen molar-refractivity contribution < 1.29 is 14.6 Å². The summed E-state index contributed by atoms with van der Waals surface area (Å²) >= 11 is 0. The van der Waals surface area contributed by atoms with E-state index in [1.807, 2.05) is 0 Å². The lowest BCUT2D eigenvalue weighted by Crippen LogP contribution is -2.21. The van der Waals surface area contributed by atoms with Gasteiger partial charge < -0.3 is 20.5 Å². The molecule has 1 aliphatic rings. The molecule has 0 unspecified atom stereocenters. The normalized spacial score (nSPS) is 13.3. The molecule has 0 bridgehead atoms. The summed E-state index contributed by atoms with van der Waals surface area (Å²) < 4.78 is 5.14. The van der Waals surface area contributed by atoms with Gasteiger partial charge in [-0.3, -0.25) is 4.79 Å². The number of aliphatic hydroxyl groups is 1. The van der Waals surface area contributed by atoms with Gasteiger partial charge in [0.2, 0.25) is 5.91 Å². The van der Waals surface area contributed by atoms with Crippen molar-refractivity contribution >= 4 is 28.3 Å². The van der Waals surface area contributed by atoms with E-state index in [0.717, 1.165) is 23.6 Å². The molecule has 1 amide bonds. The molecule has 1 fully saturated rings. The molecular formula is C24H25N5O3. The van der Waals surface area contributed by atoms with Crippen LogP contribution in [0.15, 0.2) is 30.6 Å². The summed E-state index contributed by atoms with van der Waals surface area (Å²) in [5.74, 6) is 7.86. The lowest BCUT2D eigenvalue weighted by atomic mass is 9.95. The fourth-order valence-corrected chi connectivity index (χ4v) is 3.31. The van der Waals surface area contributed by atoms with Crippen LogP contribution in [0.25, 0.3) is 10.8 Å². The highest BCUT2D eigenvalue weighted by atomic mass is 16.5. The van der Waals surface area contributed by atoms with Crippen LogP contribution in [0.2, 0.25) is 0 Å². The maximum atomic E-state index is 12.2. The third-order valence-corrected chi connectivity index (χ3v) is 5.19. The van der Waals surface area contributed by atoms with Crippen LogP contribution >= 0.6 is 0 Å². The number of aromatic nitrogens is 3. The van der Waals surface area contributed by atoms with E-state index in [-0.39, 0.29) is 11.8 Å². The summed E-state index contributed by atoms with van der Waals surface area (Å²) in [6.45, 7) is 3.32. The first-order valence-electron chi connectivity index (χ1n) is 10.4. The number of nitrogens with one attached hydrogen (secondary N) is 2. The Bertz CT molecular complexity index is 1230. The van der Waals surface area contributed by atoms with Crippen molar-refractivity contribution in [2.24, 2.45) is 5.92 Å². The van der Waals surface area contributed by atoms with E-state index in [9.17, 15) is 9.90 Å². The summed E-state index contributed by atoms with van der Waals surface area (Å²) in [5.41, 5.74) is 0.266. The fraction of sp³-hybridized carbons (Fsp3) is 0.333. The number of anilines is 2. The van der Waals surface area contributed by atoms with Crippen molar-refractivity contribution in [3.63, 3.8) is 0 Å². The van der Waals surface area contributed by atoms with E-state index in [1.165, 1.54) is 0 Å². The minimum atomic E-state index is -1.25. The molecule has 3 aromatic heterocycles.